The second kappa shape index (κ2) is 48.0. The number of carbonyl (C=O) groups excluding carboxylic acids is 1. The summed E-state index contributed by atoms with van der Waals surface area (Å²) in [5.74, 6) is -0.279. The number of aliphatic hydroxyl groups is 3. The second-order valence-corrected chi connectivity index (χ2v) is 18.5. The first-order chi connectivity index (χ1) is 28.0. The molecule has 5 nitrogen and oxygen atoms in total. The van der Waals surface area contributed by atoms with Gasteiger partial charge in [-0.15, -0.1) is 0 Å². The van der Waals surface area contributed by atoms with E-state index in [2.05, 4.69) is 19.2 Å². The average Bonchev–Trinajstić information content (AvgIpc) is 3.20. The van der Waals surface area contributed by atoms with Crippen LogP contribution >= 0.6 is 0 Å². The van der Waals surface area contributed by atoms with Crippen LogP contribution in [0.3, 0.4) is 0 Å². The fourth-order valence-electron chi connectivity index (χ4n) is 8.64. The van der Waals surface area contributed by atoms with Crippen LogP contribution < -0.4 is 5.32 Å². The Morgan fingerprint density at radius 1 is 0.368 bits per heavy atom. The van der Waals surface area contributed by atoms with Crippen LogP contribution in [0.2, 0.25) is 0 Å². The van der Waals surface area contributed by atoms with Gasteiger partial charge in [-0.05, 0) is 12.8 Å². The number of amides is 1. The van der Waals surface area contributed by atoms with Crippen LogP contribution in [0.15, 0.2) is 0 Å². The molecule has 0 spiro atoms. The highest BCUT2D eigenvalue weighted by atomic mass is 16.3. The molecule has 57 heavy (non-hydrogen) atoms. The van der Waals surface area contributed by atoms with Crippen LogP contribution in [0.5, 0.6) is 0 Å². The summed E-state index contributed by atoms with van der Waals surface area (Å²) >= 11 is 0. The van der Waals surface area contributed by atoms with Gasteiger partial charge in [0.25, 0.3) is 0 Å². The van der Waals surface area contributed by atoms with E-state index >= 15 is 0 Å². The van der Waals surface area contributed by atoms with E-state index < -0.39 is 18.2 Å². The van der Waals surface area contributed by atoms with Crippen LogP contribution in [0.25, 0.3) is 0 Å². The van der Waals surface area contributed by atoms with Crippen LogP contribution in [-0.4, -0.2) is 46.1 Å². The van der Waals surface area contributed by atoms with Crippen molar-refractivity contribution in [2.75, 3.05) is 6.61 Å². The van der Waals surface area contributed by atoms with E-state index in [-0.39, 0.29) is 18.9 Å². The van der Waals surface area contributed by atoms with Gasteiger partial charge < -0.3 is 20.6 Å². The Labute approximate surface area is 357 Å². The lowest BCUT2D eigenvalue weighted by Crippen LogP contribution is -2.46. The summed E-state index contributed by atoms with van der Waals surface area (Å²) in [7, 11) is 0. The molecule has 4 N–H and O–H groups in total. The van der Waals surface area contributed by atoms with Crippen molar-refractivity contribution in [1.82, 2.24) is 5.32 Å². The second-order valence-electron chi connectivity index (χ2n) is 18.5. The Hall–Kier alpha value is -0.650. The molecule has 342 valence electrons. The Balaban J connectivity index is 3.38. The standard InChI is InChI=1S/C52H105NO4/c1-3-5-7-9-11-13-14-15-16-17-18-19-20-21-22-23-24-25-26-27-28-29-30-31-32-33-34-35-36-38-39-41-43-45-49(55)47-52(57)53-50(48-54)51(56)46-44-42-40-37-12-10-8-6-4-2/h49-51,54-56H,3-48H2,1-2H3,(H,53,57). The quantitative estimate of drug-likeness (QED) is 0.0461. The minimum atomic E-state index is -0.742. The van der Waals surface area contributed by atoms with Gasteiger partial charge in [-0.2, -0.15) is 0 Å². The molecule has 1 amide bonds. The normalized spacial score (nSPS) is 13.3. The topological polar surface area (TPSA) is 89.8 Å². The van der Waals surface area contributed by atoms with Crippen molar-refractivity contribution < 1.29 is 20.1 Å². The first kappa shape index (κ1) is 56.4. The van der Waals surface area contributed by atoms with Gasteiger partial charge in [-0.3, -0.25) is 4.79 Å². The lowest BCUT2D eigenvalue weighted by molar-refractivity contribution is -0.125. The van der Waals surface area contributed by atoms with Crippen molar-refractivity contribution in [3.05, 3.63) is 0 Å². The van der Waals surface area contributed by atoms with Crippen LogP contribution in [0.1, 0.15) is 303 Å². The smallest absolute Gasteiger partial charge is 0.222 e. The van der Waals surface area contributed by atoms with Crippen molar-refractivity contribution in [2.45, 2.75) is 321 Å². The van der Waals surface area contributed by atoms with Gasteiger partial charge in [0.1, 0.15) is 0 Å². The summed E-state index contributed by atoms with van der Waals surface area (Å²) in [5, 5.41) is 33.3. The van der Waals surface area contributed by atoms with E-state index in [9.17, 15) is 20.1 Å². The zero-order chi connectivity index (χ0) is 41.5. The van der Waals surface area contributed by atoms with Crippen molar-refractivity contribution >= 4 is 5.91 Å². The van der Waals surface area contributed by atoms with Gasteiger partial charge in [0, 0.05) is 0 Å². The maximum absolute atomic E-state index is 12.4. The van der Waals surface area contributed by atoms with Crippen molar-refractivity contribution in [3.8, 4) is 0 Å². The Morgan fingerprint density at radius 2 is 0.596 bits per heavy atom. The van der Waals surface area contributed by atoms with Gasteiger partial charge in [0.05, 0.1) is 31.3 Å². The van der Waals surface area contributed by atoms with E-state index in [0.717, 1.165) is 25.7 Å². The van der Waals surface area contributed by atoms with E-state index in [4.69, 9.17) is 0 Å². The van der Waals surface area contributed by atoms with E-state index in [1.807, 2.05) is 0 Å². The third-order valence-electron chi connectivity index (χ3n) is 12.7. The molecule has 0 saturated carbocycles. The zero-order valence-corrected chi connectivity index (χ0v) is 39.0. The van der Waals surface area contributed by atoms with Crippen LogP contribution in [0, 0.1) is 0 Å². The molecule has 0 radical (unpaired) electrons. The SMILES string of the molecule is CCCCCCCCCCCCCCCCCCCCCCCCCCCCCCCCCCCC(O)CC(=O)NC(CO)C(O)CCCCCCCCCCC. The van der Waals surface area contributed by atoms with E-state index in [1.165, 1.54) is 244 Å². The number of unbranched alkanes of at least 4 members (excludes halogenated alkanes) is 40. The molecule has 0 bridgehead atoms. The lowest BCUT2D eigenvalue weighted by atomic mass is 10.0. The Bertz CT molecular complexity index is 762. The highest BCUT2D eigenvalue weighted by molar-refractivity contribution is 5.76. The fraction of sp³-hybridized carbons (Fsp3) is 0.981. The predicted molar refractivity (Wildman–Crippen MR) is 250 cm³/mol. The molecule has 0 aliphatic heterocycles. The molecule has 0 aliphatic rings. The van der Waals surface area contributed by atoms with Crippen molar-refractivity contribution in [3.63, 3.8) is 0 Å². The molecular formula is C52H105NO4. The molecule has 0 saturated heterocycles. The number of hydrogen-bond donors (Lipinski definition) is 4. The Morgan fingerprint density at radius 3 is 0.842 bits per heavy atom. The third kappa shape index (κ3) is 44.7. The first-order valence-electron chi connectivity index (χ1n) is 26.3. The van der Waals surface area contributed by atoms with Crippen molar-refractivity contribution in [1.29, 1.82) is 0 Å². The van der Waals surface area contributed by atoms with Gasteiger partial charge in [0.15, 0.2) is 0 Å². The number of carbonyl (C=O) groups is 1. The van der Waals surface area contributed by atoms with E-state index in [1.54, 1.807) is 0 Å². The minimum Gasteiger partial charge on any atom is -0.394 e. The van der Waals surface area contributed by atoms with Crippen LogP contribution in [0.4, 0.5) is 0 Å². The molecule has 3 atom stereocenters. The largest absolute Gasteiger partial charge is 0.394 e. The summed E-state index contributed by atoms with van der Waals surface area (Å²) in [6.07, 6.45) is 57.1. The van der Waals surface area contributed by atoms with Crippen molar-refractivity contribution in [2.24, 2.45) is 0 Å². The molecule has 0 rings (SSSR count). The highest BCUT2D eigenvalue weighted by Crippen LogP contribution is 2.18. The summed E-state index contributed by atoms with van der Waals surface area (Å²) in [4.78, 5) is 12.4. The molecule has 0 aromatic rings. The molecule has 0 aromatic heterocycles. The van der Waals surface area contributed by atoms with Crippen LogP contribution in [-0.2, 0) is 4.79 Å². The zero-order valence-electron chi connectivity index (χ0n) is 39.0. The maximum atomic E-state index is 12.4. The maximum Gasteiger partial charge on any atom is 0.222 e. The number of rotatable bonds is 49. The minimum absolute atomic E-state index is 0.0425. The molecule has 0 aliphatic carbocycles. The molecule has 0 fully saturated rings. The molecule has 5 heteroatoms. The summed E-state index contributed by atoms with van der Waals surface area (Å²) in [5.41, 5.74) is 0. The molecule has 0 heterocycles. The van der Waals surface area contributed by atoms with E-state index in [0.29, 0.717) is 12.8 Å². The number of aliphatic hydroxyl groups excluding tert-OH is 3. The first-order valence-corrected chi connectivity index (χ1v) is 26.3. The monoisotopic (exact) mass is 808 g/mol. The predicted octanol–water partition coefficient (Wildman–Crippen LogP) is 15.8. The Kier molecular flexibility index (Phi) is 47.5. The molecule has 3 unspecified atom stereocenters. The van der Waals surface area contributed by atoms with Gasteiger partial charge in [-0.1, -0.05) is 284 Å². The summed E-state index contributed by atoms with van der Waals surface area (Å²) in [6.45, 7) is 4.26. The van der Waals surface area contributed by atoms with Gasteiger partial charge in [0.2, 0.25) is 5.91 Å². The fourth-order valence-corrected chi connectivity index (χ4v) is 8.64. The molecular weight excluding hydrogens is 703 g/mol. The number of hydrogen-bond acceptors (Lipinski definition) is 4. The third-order valence-corrected chi connectivity index (χ3v) is 12.7. The lowest BCUT2D eigenvalue weighted by Gasteiger charge is -2.23. The number of nitrogens with one attached hydrogen (secondary N) is 1. The average molecular weight is 808 g/mol. The van der Waals surface area contributed by atoms with Gasteiger partial charge in [-0.25, -0.2) is 0 Å². The summed E-state index contributed by atoms with van der Waals surface area (Å²) in [6, 6.07) is -0.651. The molecule has 0 aromatic carbocycles. The van der Waals surface area contributed by atoms with Gasteiger partial charge >= 0.3 is 0 Å². The highest BCUT2D eigenvalue weighted by Gasteiger charge is 2.21. The summed E-state index contributed by atoms with van der Waals surface area (Å²) < 4.78 is 0.